The molecule has 1 saturated heterocycles. The SMILES string of the molecule is CCOC(=O)CN(C)C1CCN(C)CC1. The zero-order chi connectivity index (χ0) is 11.3. The maximum Gasteiger partial charge on any atom is 0.320 e. The van der Waals surface area contributed by atoms with E-state index >= 15 is 0 Å². The summed E-state index contributed by atoms with van der Waals surface area (Å²) < 4.78 is 4.93. The fourth-order valence-electron chi connectivity index (χ4n) is 1.98. The van der Waals surface area contributed by atoms with Gasteiger partial charge in [0, 0.05) is 6.04 Å². The average molecular weight is 214 g/mol. The first-order valence-electron chi connectivity index (χ1n) is 5.68. The van der Waals surface area contributed by atoms with E-state index in [1.807, 2.05) is 14.0 Å². The second-order valence-electron chi connectivity index (χ2n) is 4.25. The third-order valence-electron chi connectivity index (χ3n) is 3.00. The van der Waals surface area contributed by atoms with Crippen molar-refractivity contribution < 1.29 is 9.53 Å². The highest BCUT2D eigenvalue weighted by molar-refractivity contribution is 5.71. The summed E-state index contributed by atoms with van der Waals surface area (Å²) in [5, 5.41) is 0. The Hall–Kier alpha value is -0.610. The molecule has 0 spiro atoms. The van der Waals surface area contributed by atoms with E-state index in [0.717, 1.165) is 25.9 Å². The van der Waals surface area contributed by atoms with Gasteiger partial charge in [-0.2, -0.15) is 0 Å². The summed E-state index contributed by atoms with van der Waals surface area (Å²) >= 11 is 0. The number of rotatable bonds is 4. The average Bonchev–Trinajstić information content (AvgIpc) is 2.18. The van der Waals surface area contributed by atoms with Crippen molar-refractivity contribution in [2.45, 2.75) is 25.8 Å². The van der Waals surface area contributed by atoms with Crippen LogP contribution in [0.2, 0.25) is 0 Å². The molecule has 88 valence electrons. The van der Waals surface area contributed by atoms with E-state index in [1.54, 1.807) is 0 Å². The summed E-state index contributed by atoms with van der Waals surface area (Å²) in [4.78, 5) is 15.7. The molecule has 0 radical (unpaired) electrons. The number of likely N-dealkylation sites (N-methyl/N-ethyl adjacent to an activating group) is 1. The van der Waals surface area contributed by atoms with Crippen LogP contribution in [0.1, 0.15) is 19.8 Å². The van der Waals surface area contributed by atoms with Crippen LogP contribution in [0, 0.1) is 0 Å². The number of carbonyl (C=O) groups is 1. The highest BCUT2D eigenvalue weighted by atomic mass is 16.5. The second kappa shape index (κ2) is 6.08. The van der Waals surface area contributed by atoms with Crippen LogP contribution < -0.4 is 0 Å². The van der Waals surface area contributed by atoms with Crippen molar-refractivity contribution in [1.82, 2.24) is 9.80 Å². The van der Waals surface area contributed by atoms with Crippen LogP contribution in [-0.2, 0) is 9.53 Å². The fraction of sp³-hybridized carbons (Fsp3) is 0.909. The number of hydrogen-bond donors (Lipinski definition) is 0. The lowest BCUT2D eigenvalue weighted by atomic mass is 10.0. The highest BCUT2D eigenvalue weighted by Gasteiger charge is 2.22. The fourth-order valence-corrected chi connectivity index (χ4v) is 1.98. The molecule has 1 fully saturated rings. The van der Waals surface area contributed by atoms with Gasteiger partial charge in [0.15, 0.2) is 0 Å². The van der Waals surface area contributed by atoms with Crippen LogP contribution in [0.4, 0.5) is 0 Å². The number of piperidine rings is 1. The Kier molecular flexibility index (Phi) is 5.05. The van der Waals surface area contributed by atoms with Gasteiger partial charge in [-0.15, -0.1) is 0 Å². The zero-order valence-electron chi connectivity index (χ0n) is 10.0. The molecule has 0 bridgehead atoms. The summed E-state index contributed by atoms with van der Waals surface area (Å²) in [5.74, 6) is -0.112. The number of nitrogens with zero attached hydrogens (tertiary/aromatic N) is 2. The number of carbonyl (C=O) groups excluding carboxylic acids is 1. The molecule has 0 aromatic rings. The van der Waals surface area contributed by atoms with Gasteiger partial charge in [-0.05, 0) is 47.0 Å². The van der Waals surface area contributed by atoms with Gasteiger partial charge in [-0.1, -0.05) is 0 Å². The molecular formula is C11H22N2O2. The molecule has 1 aliphatic rings. The van der Waals surface area contributed by atoms with E-state index < -0.39 is 0 Å². The topological polar surface area (TPSA) is 32.8 Å². The van der Waals surface area contributed by atoms with Crippen molar-refractivity contribution in [3.05, 3.63) is 0 Å². The summed E-state index contributed by atoms with van der Waals surface area (Å²) in [6.45, 7) is 4.98. The Morgan fingerprint density at radius 3 is 2.60 bits per heavy atom. The lowest BCUT2D eigenvalue weighted by molar-refractivity contribution is -0.144. The summed E-state index contributed by atoms with van der Waals surface area (Å²) in [5.41, 5.74) is 0. The standard InChI is InChI=1S/C11H22N2O2/c1-4-15-11(14)9-13(3)10-5-7-12(2)8-6-10/h10H,4-9H2,1-3H3. The smallest absolute Gasteiger partial charge is 0.320 e. The monoisotopic (exact) mass is 214 g/mol. The Bertz CT molecular complexity index is 201. The Morgan fingerprint density at radius 1 is 1.47 bits per heavy atom. The van der Waals surface area contributed by atoms with Crippen LogP contribution in [-0.4, -0.2) is 62.1 Å². The van der Waals surface area contributed by atoms with Crippen molar-refractivity contribution in [2.24, 2.45) is 0 Å². The van der Waals surface area contributed by atoms with Crippen LogP contribution in [0.15, 0.2) is 0 Å². The highest BCUT2D eigenvalue weighted by Crippen LogP contribution is 2.13. The Labute approximate surface area is 92.2 Å². The molecule has 0 unspecified atom stereocenters. The van der Waals surface area contributed by atoms with Crippen LogP contribution in [0.5, 0.6) is 0 Å². The summed E-state index contributed by atoms with van der Waals surface area (Å²) in [7, 11) is 4.15. The number of esters is 1. The van der Waals surface area contributed by atoms with Crippen molar-refractivity contribution in [3.63, 3.8) is 0 Å². The molecule has 0 saturated carbocycles. The first-order chi connectivity index (χ1) is 7.13. The Balaban J connectivity index is 2.27. The van der Waals surface area contributed by atoms with Gasteiger partial charge in [0.05, 0.1) is 13.2 Å². The van der Waals surface area contributed by atoms with E-state index in [1.165, 1.54) is 0 Å². The lowest BCUT2D eigenvalue weighted by Gasteiger charge is -2.34. The molecule has 0 aliphatic carbocycles. The molecule has 0 N–H and O–H groups in total. The van der Waals surface area contributed by atoms with Gasteiger partial charge >= 0.3 is 5.97 Å². The van der Waals surface area contributed by atoms with Crippen LogP contribution in [0.25, 0.3) is 0 Å². The largest absolute Gasteiger partial charge is 0.465 e. The van der Waals surface area contributed by atoms with Gasteiger partial charge in [-0.3, -0.25) is 9.69 Å². The quantitative estimate of drug-likeness (QED) is 0.641. The lowest BCUT2D eigenvalue weighted by Crippen LogP contribution is -2.43. The Morgan fingerprint density at radius 2 is 2.07 bits per heavy atom. The van der Waals surface area contributed by atoms with E-state index in [0.29, 0.717) is 19.2 Å². The molecule has 0 amide bonds. The molecular weight excluding hydrogens is 192 g/mol. The molecule has 4 nitrogen and oxygen atoms in total. The maximum absolute atomic E-state index is 11.3. The molecule has 0 aromatic carbocycles. The van der Waals surface area contributed by atoms with Crippen molar-refractivity contribution in [3.8, 4) is 0 Å². The molecule has 1 rings (SSSR count). The van der Waals surface area contributed by atoms with E-state index in [-0.39, 0.29) is 5.97 Å². The van der Waals surface area contributed by atoms with Crippen molar-refractivity contribution in [2.75, 3.05) is 40.3 Å². The van der Waals surface area contributed by atoms with Gasteiger partial charge in [0.2, 0.25) is 0 Å². The normalized spacial score (nSPS) is 19.5. The number of ether oxygens (including phenoxy) is 1. The molecule has 1 aliphatic heterocycles. The molecule has 1 heterocycles. The minimum Gasteiger partial charge on any atom is -0.465 e. The van der Waals surface area contributed by atoms with Gasteiger partial charge < -0.3 is 9.64 Å². The number of likely N-dealkylation sites (tertiary alicyclic amines) is 1. The van der Waals surface area contributed by atoms with E-state index in [2.05, 4.69) is 16.8 Å². The summed E-state index contributed by atoms with van der Waals surface area (Å²) in [6.07, 6.45) is 2.29. The third kappa shape index (κ3) is 4.18. The minimum atomic E-state index is -0.112. The van der Waals surface area contributed by atoms with Gasteiger partial charge in [0.25, 0.3) is 0 Å². The predicted octanol–water partition coefficient (Wildman–Crippen LogP) is 0.575. The minimum absolute atomic E-state index is 0.112. The zero-order valence-corrected chi connectivity index (χ0v) is 10.0. The van der Waals surface area contributed by atoms with Crippen LogP contribution >= 0.6 is 0 Å². The molecule has 4 heteroatoms. The predicted molar refractivity (Wildman–Crippen MR) is 59.8 cm³/mol. The molecule has 15 heavy (non-hydrogen) atoms. The van der Waals surface area contributed by atoms with Crippen molar-refractivity contribution >= 4 is 5.97 Å². The first kappa shape index (κ1) is 12.5. The van der Waals surface area contributed by atoms with E-state index in [4.69, 9.17) is 4.74 Å². The third-order valence-corrected chi connectivity index (χ3v) is 3.00. The first-order valence-corrected chi connectivity index (χ1v) is 5.68. The van der Waals surface area contributed by atoms with E-state index in [9.17, 15) is 4.79 Å². The molecule has 0 atom stereocenters. The maximum atomic E-state index is 11.3. The van der Waals surface area contributed by atoms with Crippen LogP contribution in [0.3, 0.4) is 0 Å². The summed E-state index contributed by atoms with van der Waals surface area (Å²) in [6, 6.07) is 0.533. The van der Waals surface area contributed by atoms with Gasteiger partial charge in [-0.25, -0.2) is 0 Å². The number of hydrogen-bond acceptors (Lipinski definition) is 4. The second-order valence-corrected chi connectivity index (χ2v) is 4.25. The van der Waals surface area contributed by atoms with Gasteiger partial charge in [0.1, 0.15) is 0 Å². The molecule has 0 aromatic heterocycles. The van der Waals surface area contributed by atoms with Crippen molar-refractivity contribution in [1.29, 1.82) is 0 Å².